The average molecular weight is 350 g/mol. The smallest absolute Gasteiger partial charge is 0.325 e. The Balaban J connectivity index is 1.61. The highest BCUT2D eigenvalue weighted by Gasteiger charge is 2.30. The molecule has 132 valence electrons. The highest BCUT2D eigenvalue weighted by Crippen LogP contribution is 2.23. The summed E-state index contributed by atoms with van der Waals surface area (Å²) in [5, 5.41) is 11.6. The van der Waals surface area contributed by atoms with E-state index < -0.39 is 0 Å². The number of carbonyl (C=O) groups is 2. The molecule has 1 aliphatic rings. The zero-order chi connectivity index (χ0) is 18.5. The molecule has 3 rings (SSSR count). The summed E-state index contributed by atoms with van der Waals surface area (Å²) in [6.45, 7) is 0.946. The van der Waals surface area contributed by atoms with Gasteiger partial charge in [-0.2, -0.15) is 5.26 Å². The fourth-order valence-corrected chi connectivity index (χ4v) is 2.77. The van der Waals surface area contributed by atoms with Gasteiger partial charge in [0.25, 0.3) is 0 Å². The van der Waals surface area contributed by atoms with E-state index in [9.17, 15) is 9.59 Å². The lowest BCUT2D eigenvalue weighted by atomic mass is 10.2. The van der Waals surface area contributed by atoms with Crippen LogP contribution in [-0.4, -0.2) is 43.6 Å². The Morgan fingerprint density at radius 2 is 2.00 bits per heavy atom. The molecule has 0 aromatic heterocycles. The van der Waals surface area contributed by atoms with Gasteiger partial charge >= 0.3 is 6.03 Å². The van der Waals surface area contributed by atoms with Gasteiger partial charge in [-0.3, -0.25) is 9.69 Å². The molecular weight excluding hydrogens is 332 g/mol. The summed E-state index contributed by atoms with van der Waals surface area (Å²) >= 11 is 0. The number of methoxy groups -OCH3 is 1. The number of anilines is 2. The molecule has 0 atom stereocenters. The lowest BCUT2D eigenvalue weighted by Gasteiger charge is -2.18. The summed E-state index contributed by atoms with van der Waals surface area (Å²) < 4.78 is 5.12. The van der Waals surface area contributed by atoms with Crippen LogP contribution in [0.4, 0.5) is 16.2 Å². The number of amides is 3. The maximum Gasteiger partial charge on any atom is 0.325 e. The van der Waals surface area contributed by atoms with Crippen molar-refractivity contribution < 1.29 is 14.3 Å². The van der Waals surface area contributed by atoms with Crippen molar-refractivity contribution in [2.45, 2.75) is 0 Å². The molecule has 7 heteroatoms. The minimum atomic E-state index is -0.301. The van der Waals surface area contributed by atoms with Crippen LogP contribution in [0.2, 0.25) is 0 Å². The van der Waals surface area contributed by atoms with Crippen LogP contribution >= 0.6 is 0 Å². The molecule has 3 amide bonds. The molecule has 1 fully saturated rings. The highest BCUT2D eigenvalue weighted by atomic mass is 16.5. The molecule has 0 bridgehead atoms. The van der Waals surface area contributed by atoms with Gasteiger partial charge in [0.2, 0.25) is 5.91 Å². The van der Waals surface area contributed by atoms with Crippen LogP contribution in [-0.2, 0) is 4.79 Å². The molecule has 26 heavy (non-hydrogen) atoms. The van der Waals surface area contributed by atoms with Crippen LogP contribution in [0.5, 0.6) is 5.75 Å². The van der Waals surface area contributed by atoms with Gasteiger partial charge in [0.05, 0.1) is 18.7 Å². The Kier molecular flexibility index (Phi) is 5.04. The Hall–Kier alpha value is -3.53. The largest absolute Gasteiger partial charge is 0.497 e. The Bertz CT molecular complexity index is 858. The number of hydrogen-bond acceptors (Lipinski definition) is 4. The van der Waals surface area contributed by atoms with E-state index >= 15 is 0 Å². The molecule has 2 aromatic rings. The summed E-state index contributed by atoms with van der Waals surface area (Å²) in [5.41, 5.74) is 1.76. The number of rotatable bonds is 5. The molecule has 1 saturated heterocycles. The summed E-state index contributed by atoms with van der Waals surface area (Å²) in [6, 6.07) is 15.7. The standard InChI is InChI=1S/C19H18N4O3/c1-26-17-7-5-16(6-8-17)23-10-9-22(19(23)25)13-18(24)21-15-4-2-3-14(11-15)12-20/h2-8,11H,9-10,13H2,1H3,(H,21,24). The van der Waals surface area contributed by atoms with Gasteiger partial charge in [-0.05, 0) is 42.5 Å². The predicted octanol–water partition coefficient (Wildman–Crippen LogP) is 2.45. The lowest BCUT2D eigenvalue weighted by Crippen LogP contribution is -2.37. The number of urea groups is 1. The second kappa shape index (κ2) is 7.57. The van der Waals surface area contributed by atoms with Gasteiger partial charge in [0.15, 0.2) is 0 Å². The summed E-state index contributed by atoms with van der Waals surface area (Å²) in [6.07, 6.45) is 0. The number of hydrogen-bond donors (Lipinski definition) is 1. The van der Waals surface area contributed by atoms with Gasteiger partial charge in [-0.25, -0.2) is 4.79 Å². The van der Waals surface area contributed by atoms with Crippen molar-refractivity contribution in [3.63, 3.8) is 0 Å². The van der Waals surface area contributed by atoms with Gasteiger partial charge in [0, 0.05) is 24.5 Å². The van der Waals surface area contributed by atoms with E-state index in [0.29, 0.717) is 24.3 Å². The number of ether oxygens (including phenoxy) is 1. The number of nitrogens with one attached hydrogen (secondary N) is 1. The second-order valence-electron chi connectivity index (χ2n) is 5.79. The Morgan fingerprint density at radius 3 is 2.69 bits per heavy atom. The molecular formula is C19H18N4O3. The summed E-state index contributed by atoms with van der Waals surface area (Å²) in [4.78, 5) is 27.9. The van der Waals surface area contributed by atoms with Crippen LogP contribution in [0.15, 0.2) is 48.5 Å². The zero-order valence-electron chi connectivity index (χ0n) is 14.3. The molecule has 0 aliphatic carbocycles. The van der Waals surface area contributed by atoms with E-state index in [2.05, 4.69) is 5.32 Å². The van der Waals surface area contributed by atoms with Crippen LogP contribution in [0.3, 0.4) is 0 Å². The quantitative estimate of drug-likeness (QED) is 0.897. The molecule has 0 saturated carbocycles. The minimum absolute atomic E-state index is 0.0394. The van der Waals surface area contributed by atoms with E-state index in [1.54, 1.807) is 48.4 Å². The highest BCUT2D eigenvalue weighted by molar-refractivity contribution is 5.99. The third-order valence-corrected chi connectivity index (χ3v) is 4.09. The van der Waals surface area contributed by atoms with Crippen molar-refractivity contribution in [2.24, 2.45) is 0 Å². The van der Waals surface area contributed by atoms with Gasteiger partial charge in [-0.15, -0.1) is 0 Å². The number of carbonyl (C=O) groups excluding carboxylic acids is 2. The minimum Gasteiger partial charge on any atom is -0.497 e. The summed E-state index contributed by atoms with van der Waals surface area (Å²) in [5.74, 6) is 0.418. The Morgan fingerprint density at radius 1 is 1.23 bits per heavy atom. The maximum atomic E-state index is 12.5. The lowest BCUT2D eigenvalue weighted by molar-refractivity contribution is -0.116. The molecule has 1 aliphatic heterocycles. The van der Waals surface area contributed by atoms with E-state index in [-0.39, 0.29) is 18.5 Å². The third kappa shape index (κ3) is 3.75. The molecule has 0 unspecified atom stereocenters. The molecule has 0 spiro atoms. The molecule has 7 nitrogen and oxygen atoms in total. The van der Waals surface area contributed by atoms with Crippen molar-refractivity contribution in [1.82, 2.24) is 4.90 Å². The van der Waals surface area contributed by atoms with Crippen molar-refractivity contribution in [3.05, 3.63) is 54.1 Å². The van der Waals surface area contributed by atoms with Crippen molar-refractivity contribution in [3.8, 4) is 11.8 Å². The fraction of sp³-hybridized carbons (Fsp3) is 0.211. The molecule has 1 heterocycles. The van der Waals surface area contributed by atoms with Crippen LogP contribution in [0.1, 0.15) is 5.56 Å². The van der Waals surface area contributed by atoms with Crippen LogP contribution < -0.4 is 15.0 Å². The Labute approximate surface area is 151 Å². The SMILES string of the molecule is COc1ccc(N2CCN(CC(=O)Nc3cccc(C#N)c3)C2=O)cc1. The number of nitrogens with zero attached hydrogens (tertiary/aromatic N) is 3. The zero-order valence-corrected chi connectivity index (χ0v) is 14.3. The maximum absolute atomic E-state index is 12.5. The third-order valence-electron chi connectivity index (χ3n) is 4.09. The topological polar surface area (TPSA) is 85.7 Å². The first-order valence-electron chi connectivity index (χ1n) is 8.11. The predicted molar refractivity (Wildman–Crippen MR) is 97.1 cm³/mol. The normalized spacial score (nSPS) is 13.5. The van der Waals surface area contributed by atoms with Crippen LogP contribution in [0, 0.1) is 11.3 Å². The van der Waals surface area contributed by atoms with Gasteiger partial charge < -0.3 is 15.0 Å². The molecule has 2 aromatic carbocycles. The second-order valence-corrected chi connectivity index (χ2v) is 5.79. The van der Waals surface area contributed by atoms with E-state index in [1.807, 2.05) is 18.2 Å². The van der Waals surface area contributed by atoms with Crippen LogP contribution in [0.25, 0.3) is 0 Å². The first-order valence-corrected chi connectivity index (χ1v) is 8.11. The van der Waals surface area contributed by atoms with E-state index in [4.69, 9.17) is 10.00 Å². The number of benzene rings is 2. The van der Waals surface area contributed by atoms with Gasteiger partial charge in [0.1, 0.15) is 12.3 Å². The molecule has 1 N–H and O–H groups in total. The fourth-order valence-electron chi connectivity index (χ4n) is 2.77. The van der Waals surface area contributed by atoms with Crippen molar-refractivity contribution in [1.29, 1.82) is 5.26 Å². The first kappa shape index (κ1) is 17.3. The monoisotopic (exact) mass is 350 g/mol. The first-order chi connectivity index (χ1) is 12.6. The number of nitriles is 1. The van der Waals surface area contributed by atoms with E-state index in [0.717, 1.165) is 11.4 Å². The molecule has 0 radical (unpaired) electrons. The van der Waals surface area contributed by atoms with Crippen molar-refractivity contribution in [2.75, 3.05) is 37.0 Å². The summed E-state index contributed by atoms with van der Waals surface area (Å²) in [7, 11) is 1.59. The van der Waals surface area contributed by atoms with E-state index in [1.165, 1.54) is 4.90 Å². The van der Waals surface area contributed by atoms with Crippen molar-refractivity contribution >= 4 is 23.3 Å². The average Bonchev–Trinajstić information content (AvgIpc) is 3.02. The van der Waals surface area contributed by atoms with Gasteiger partial charge in [-0.1, -0.05) is 6.07 Å².